The smallest absolute Gasteiger partial charge is 0.330 e. The first-order valence-corrected chi connectivity index (χ1v) is 20.6. The van der Waals surface area contributed by atoms with E-state index < -0.39 is 96.5 Å². The molecule has 0 radical (unpaired) electrons. The minimum Gasteiger partial charge on any atom is -0.463 e. The average Bonchev–Trinajstić information content (AvgIpc) is 3.78. The second-order valence-electron chi connectivity index (χ2n) is 15.2. The van der Waals surface area contributed by atoms with Crippen molar-refractivity contribution in [1.29, 1.82) is 0 Å². The van der Waals surface area contributed by atoms with Gasteiger partial charge in [-0.2, -0.15) is 0 Å². The number of rotatable bonds is 24. The average molecular weight is 833 g/mol. The molecule has 19 nitrogen and oxygen atoms in total. The number of unbranched alkanes of at least 4 members (excludes halogenated alkanes) is 10. The molecular formula is C39H57FN8O11. The Hall–Kier alpha value is -5.07. The maximum Gasteiger partial charge on any atom is 0.330 e. The normalized spacial score (nSPS) is 21.8. The Balaban J connectivity index is 1.31. The van der Waals surface area contributed by atoms with E-state index in [1.54, 1.807) is 0 Å². The molecule has 2 saturated heterocycles. The van der Waals surface area contributed by atoms with Crippen LogP contribution in [0.2, 0.25) is 0 Å². The van der Waals surface area contributed by atoms with E-state index >= 15 is 0 Å². The zero-order chi connectivity index (χ0) is 42.9. The van der Waals surface area contributed by atoms with Gasteiger partial charge < -0.3 is 24.3 Å². The predicted molar refractivity (Wildman–Crippen MR) is 211 cm³/mol. The van der Waals surface area contributed by atoms with Crippen molar-refractivity contribution >= 4 is 17.8 Å². The van der Waals surface area contributed by atoms with Crippen LogP contribution in [0.4, 0.5) is 4.39 Å². The molecule has 2 fully saturated rings. The quantitative estimate of drug-likeness (QED) is 0.0440. The highest BCUT2D eigenvalue weighted by Gasteiger charge is 2.39. The summed E-state index contributed by atoms with van der Waals surface area (Å²) in [5.41, 5.74) is 6.98. The number of aromatic amines is 2. The summed E-state index contributed by atoms with van der Waals surface area (Å²) in [6.07, 6.45) is 8.21. The number of hydrogen-bond acceptors (Lipinski definition) is 12. The molecular weight excluding hydrogens is 775 g/mol. The third-order valence-electron chi connectivity index (χ3n) is 10.5. The van der Waals surface area contributed by atoms with Crippen LogP contribution >= 0.6 is 0 Å². The van der Waals surface area contributed by atoms with Crippen molar-refractivity contribution in [1.82, 2.24) is 24.4 Å². The molecule has 0 aromatic carbocycles. The Morgan fingerprint density at radius 2 is 1.36 bits per heavy atom. The van der Waals surface area contributed by atoms with E-state index in [0.717, 1.165) is 34.8 Å². The number of H-pyrrole nitrogens is 2. The summed E-state index contributed by atoms with van der Waals surface area (Å²) < 4.78 is 39.4. The topological polar surface area (TPSA) is 259 Å². The molecule has 20 heteroatoms. The zero-order valence-corrected chi connectivity index (χ0v) is 34.0. The number of aryl methyl sites for hydroxylation is 2. The molecule has 2 aromatic rings. The van der Waals surface area contributed by atoms with Gasteiger partial charge in [0.05, 0.1) is 6.04 Å². The van der Waals surface area contributed by atoms with Crippen molar-refractivity contribution in [3.63, 3.8) is 0 Å². The standard InChI is InChI=1S/C39H57FN8O11/c1-4-5-6-7-8-9-10-11-12-13-14-15-31(49)42-27(16-17-34(50)56-22-29-26(40)18-32(58-29)47-20-24(2)35(51)43-38(47)54)37(53)57-23-30-28(45-46-41)19-33(59-30)48-21-25(3)36(52)44-39(48)55/h20-21,26-30,32-33H,4-19,22-23H2,1-3H3,(H,42,49)(H,43,51,54)(H,44,52,55)/t26-,27-,28-,29+,30+,32+,33+/m0/s1. The van der Waals surface area contributed by atoms with Crippen molar-refractivity contribution in [3.05, 3.63) is 75.6 Å². The fourth-order valence-corrected chi connectivity index (χ4v) is 7.07. The number of nitrogens with zero attached hydrogens (tertiary/aromatic N) is 5. The fourth-order valence-electron chi connectivity index (χ4n) is 7.07. The lowest BCUT2D eigenvalue weighted by molar-refractivity contribution is -0.154. The van der Waals surface area contributed by atoms with Gasteiger partial charge in [0, 0.05) is 54.1 Å². The van der Waals surface area contributed by atoms with Gasteiger partial charge >= 0.3 is 23.3 Å². The summed E-state index contributed by atoms with van der Waals surface area (Å²) >= 11 is 0. The first-order chi connectivity index (χ1) is 28.3. The third kappa shape index (κ3) is 14.3. The van der Waals surface area contributed by atoms with Crippen LogP contribution in [0.15, 0.2) is 36.7 Å². The summed E-state index contributed by atoms with van der Waals surface area (Å²) in [6.45, 7) is 4.26. The van der Waals surface area contributed by atoms with Gasteiger partial charge in [-0.25, -0.2) is 18.8 Å². The first kappa shape index (κ1) is 46.6. The molecule has 4 rings (SSSR count). The molecule has 0 unspecified atom stereocenters. The number of esters is 2. The van der Waals surface area contributed by atoms with Gasteiger partial charge in [-0.3, -0.25) is 38.3 Å². The van der Waals surface area contributed by atoms with E-state index in [1.165, 1.54) is 64.8 Å². The van der Waals surface area contributed by atoms with Crippen molar-refractivity contribution in [2.75, 3.05) is 13.2 Å². The largest absolute Gasteiger partial charge is 0.463 e. The molecule has 0 saturated carbocycles. The van der Waals surface area contributed by atoms with Crippen molar-refractivity contribution in [2.24, 2.45) is 5.11 Å². The van der Waals surface area contributed by atoms with Gasteiger partial charge in [-0.05, 0) is 32.2 Å². The Morgan fingerprint density at radius 3 is 1.93 bits per heavy atom. The fraction of sp³-hybridized carbons (Fsp3) is 0.718. The molecule has 2 aliphatic heterocycles. The van der Waals surface area contributed by atoms with Crippen LogP contribution < -0.4 is 27.8 Å². The molecule has 2 aliphatic rings. The summed E-state index contributed by atoms with van der Waals surface area (Å²) in [5.74, 6) is -2.14. The van der Waals surface area contributed by atoms with Gasteiger partial charge in [-0.15, -0.1) is 0 Å². The second-order valence-corrected chi connectivity index (χ2v) is 15.2. The Morgan fingerprint density at radius 1 is 0.831 bits per heavy atom. The number of azide groups is 1. The molecule has 326 valence electrons. The molecule has 2 aromatic heterocycles. The number of hydrogen-bond donors (Lipinski definition) is 3. The Kier molecular flexibility index (Phi) is 18.6. The molecule has 0 spiro atoms. The second kappa shape index (κ2) is 23.5. The van der Waals surface area contributed by atoms with Gasteiger partial charge in [0.1, 0.15) is 50.1 Å². The lowest BCUT2D eigenvalue weighted by atomic mass is 10.0. The number of amides is 1. The minimum atomic E-state index is -1.59. The molecule has 7 atom stereocenters. The number of carbonyl (C=O) groups excluding carboxylic acids is 3. The van der Waals surface area contributed by atoms with E-state index in [0.29, 0.717) is 6.42 Å². The van der Waals surface area contributed by atoms with Gasteiger partial charge in [0.2, 0.25) is 5.91 Å². The molecule has 0 aliphatic carbocycles. The zero-order valence-electron chi connectivity index (χ0n) is 34.0. The molecule has 1 amide bonds. The minimum absolute atomic E-state index is 0.0368. The highest BCUT2D eigenvalue weighted by molar-refractivity contribution is 5.85. The summed E-state index contributed by atoms with van der Waals surface area (Å²) in [6, 6.07) is -2.15. The van der Waals surface area contributed by atoms with Crippen LogP contribution in [-0.2, 0) is 33.3 Å². The summed E-state index contributed by atoms with van der Waals surface area (Å²) in [5, 5.41) is 6.38. The van der Waals surface area contributed by atoms with Crippen LogP contribution in [0.1, 0.15) is 133 Å². The highest BCUT2D eigenvalue weighted by atomic mass is 19.1. The van der Waals surface area contributed by atoms with Crippen LogP contribution in [-0.4, -0.2) is 80.6 Å². The Bertz CT molecular complexity index is 2010. The molecule has 0 bridgehead atoms. The SMILES string of the molecule is CCCCCCCCCCCCCC(=O)N[C@@H](CCC(=O)OC[C@H]1O[C@@H](n2cc(C)c(=O)[nH]c2=O)C[C@@H]1F)C(=O)OC[C@H]1O[C@@H](n2cc(C)c(=O)[nH]c2=O)C[C@@H]1N=[N+]=[N-]. The van der Waals surface area contributed by atoms with E-state index in [1.807, 2.05) is 0 Å². The Labute approximate surface area is 340 Å². The van der Waals surface area contributed by atoms with Crippen molar-refractivity contribution < 1.29 is 37.7 Å². The monoisotopic (exact) mass is 832 g/mol. The predicted octanol–water partition coefficient (Wildman–Crippen LogP) is 4.35. The lowest BCUT2D eigenvalue weighted by Gasteiger charge is -2.21. The number of carbonyl (C=O) groups is 3. The maximum atomic E-state index is 14.9. The maximum absolute atomic E-state index is 14.9. The van der Waals surface area contributed by atoms with Crippen LogP contribution in [0.3, 0.4) is 0 Å². The molecule has 3 N–H and O–H groups in total. The highest BCUT2D eigenvalue weighted by Crippen LogP contribution is 2.31. The van der Waals surface area contributed by atoms with Crippen LogP contribution in [0.25, 0.3) is 10.4 Å². The van der Waals surface area contributed by atoms with Gasteiger partial charge in [-0.1, -0.05) is 76.2 Å². The summed E-state index contributed by atoms with van der Waals surface area (Å²) in [4.78, 5) is 94.8. The van der Waals surface area contributed by atoms with E-state index in [4.69, 9.17) is 24.5 Å². The molecule has 4 heterocycles. The van der Waals surface area contributed by atoms with Gasteiger partial charge in [0.25, 0.3) is 11.1 Å². The van der Waals surface area contributed by atoms with Crippen LogP contribution in [0.5, 0.6) is 0 Å². The molecule has 59 heavy (non-hydrogen) atoms. The number of halogens is 1. The van der Waals surface area contributed by atoms with E-state index in [9.17, 15) is 38.0 Å². The van der Waals surface area contributed by atoms with Crippen molar-refractivity contribution in [2.45, 2.75) is 166 Å². The number of aromatic nitrogens is 4. The third-order valence-corrected chi connectivity index (χ3v) is 10.5. The number of alkyl halides is 1. The number of nitrogens with one attached hydrogen (secondary N) is 3. The van der Waals surface area contributed by atoms with Crippen LogP contribution in [0, 0.1) is 13.8 Å². The van der Waals surface area contributed by atoms with E-state index in [2.05, 4.69) is 32.2 Å². The summed E-state index contributed by atoms with van der Waals surface area (Å²) in [7, 11) is 0. The number of ether oxygens (including phenoxy) is 4. The van der Waals surface area contributed by atoms with E-state index in [-0.39, 0.29) is 43.2 Å². The first-order valence-electron chi connectivity index (χ1n) is 20.6. The van der Waals surface area contributed by atoms with Gasteiger partial charge in [0.15, 0.2) is 0 Å². The van der Waals surface area contributed by atoms with Crippen molar-refractivity contribution in [3.8, 4) is 0 Å². The lowest BCUT2D eigenvalue weighted by Crippen LogP contribution is -2.43.